The van der Waals surface area contributed by atoms with E-state index in [1.807, 2.05) is 41.7 Å². The van der Waals surface area contributed by atoms with Gasteiger partial charge in [-0.1, -0.05) is 48.0 Å². The number of nitrogens with zero attached hydrogens (tertiary/aromatic N) is 1. The molecule has 0 saturated carbocycles. The lowest BCUT2D eigenvalue weighted by Gasteiger charge is -2.25. The van der Waals surface area contributed by atoms with Crippen molar-refractivity contribution in [2.45, 2.75) is 24.3 Å². The van der Waals surface area contributed by atoms with Crippen LogP contribution in [0, 0.1) is 6.92 Å². The molecule has 4 heteroatoms. The molecular weight excluding hydrogens is 314 g/mol. The van der Waals surface area contributed by atoms with Gasteiger partial charge < -0.3 is 0 Å². The number of likely N-dealkylation sites (N-methyl/N-ethyl adjacent to an activating group) is 1. The van der Waals surface area contributed by atoms with Crippen LogP contribution < -0.4 is 0 Å². The zero-order valence-electron chi connectivity index (χ0n) is 12.8. The van der Waals surface area contributed by atoms with Gasteiger partial charge in [-0.05, 0) is 50.0 Å². The Bertz CT molecular complexity index is 600. The Hall–Kier alpha value is -1.29. The van der Waals surface area contributed by atoms with Crippen molar-refractivity contribution in [2.75, 3.05) is 12.9 Å². The SMILES string of the molecule is Cc1ccc(SN(C)[C@@H](Cc2ccccc2)C(=O)CCl)cc1. The van der Waals surface area contributed by atoms with Gasteiger partial charge in [0.1, 0.15) is 0 Å². The average molecular weight is 334 g/mol. The van der Waals surface area contributed by atoms with E-state index in [4.69, 9.17) is 11.6 Å². The van der Waals surface area contributed by atoms with E-state index in [2.05, 4.69) is 31.2 Å². The van der Waals surface area contributed by atoms with E-state index < -0.39 is 0 Å². The Labute approximate surface area is 141 Å². The number of ketones is 1. The predicted molar refractivity (Wildman–Crippen MR) is 94.5 cm³/mol. The minimum absolute atomic E-state index is 0.0380. The minimum atomic E-state index is -0.230. The van der Waals surface area contributed by atoms with E-state index in [0.29, 0.717) is 6.42 Å². The van der Waals surface area contributed by atoms with E-state index in [9.17, 15) is 4.79 Å². The Morgan fingerprint density at radius 3 is 2.36 bits per heavy atom. The summed E-state index contributed by atoms with van der Waals surface area (Å²) in [6, 6.07) is 18.1. The quantitative estimate of drug-likeness (QED) is 0.555. The first-order chi connectivity index (χ1) is 10.6. The van der Waals surface area contributed by atoms with Crippen LogP contribution in [0.15, 0.2) is 59.5 Å². The van der Waals surface area contributed by atoms with Crippen LogP contribution in [0.25, 0.3) is 0 Å². The molecule has 22 heavy (non-hydrogen) atoms. The maximum atomic E-state index is 12.2. The molecule has 2 rings (SSSR count). The molecule has 0 aliphatic heterocycles. The molecule has 2 aromatic rings. The van der Waals surface area contributed by atoms with Gasteiger partial charge >= 0.3 is 0 Å². The number of hydrogen-bond donors (Lipinski definition) is 0. The van der Waals surface area contributed by atoms with Gasteiger partial charge in [-0.2, -0.15) is 0 Å². The summed E-state index contributed by atoms with van der Waals surface area (Å²) in [6.07, 6.45) is 0.668. The molecular formula is C18H20ClNOS. The summed E-state index contributed by atoms with van der Waals surface area (Å²) in [5.41, 5.74) is 2.37. The topological polar surface area (TPSA) is 20.3 Å². The minimum Gasteiger partial charge on any atom is -0.297 e. The number of halogens is 1. The van der Waals surface area contributed by atoms with E-state index >= 15 is 0 Å². The van der Waals surface area contributed by atoms with Crippen molar-refractivity contribution in [2.24, 2.45) is 0 Å². The number of carbonyl (C=O) groups is 1. The lowest BCUT2D eigenvalue weighted by molar-refractivity contribution is -0.119. The van der Waals surface area contributed by atoms with Gasteiger partial charge in [0, 0.05) is 4.90 Å². The number of aryl methyl sites for hydroxylation is 1. The monoisotopic (exact) mass is 333 g/mol. The molecule has 0 N–H and O–H groups in total. The van der Waals surface area contributed by atoms with Crippen molar-refractivity contribution in [3.8, 4) is 0 Å². The number of Topliss-reactive ketones (excluding diaryl/α,β-unsaturated/α-hetero) is 1. The Balaban J connectivity index is 2.10. The number of hydrogen-bond acceptors (Lipinski definition) is 3. The highest BCUT2D eigenvalue weighted by molar-refractivity contribution is 7.97. The summed E-state index contributed by atoms with van der Waals surface area (Å²) in [6.45, 7) is 2.06. The summed E-state index contributed by atoms with van der Waals surface area (Å²) in [7, 11) is 1.95. The maximum absolute atomic E-state index is 12.2. The number of carbonyl (C=O) groups excluding carboxylic acids is 1. The Kier molecular flexibility index (Phi) is 6.49. The van der Waals surface area contributed by atoms with Crippen molar-refractivity contribution in [3.05, 3.63) is 65.7 Å². The molecule has 0 aliphatic rings. The van der Waals surface area contributed by atoms with Crippen molar-refractivity contribution in [1.29, 1.82) is 0 Å². The first-order valence-corrected chi connectivity index (χ1v) is 8.51. The molecule has 116 valence electrons. The standard InChI is InChI=1S/C18H20ClNOS/c1-14-8-10-16(11-9-14)22-20(2)17(18(21)13-19)12-15-6-4-3-5-7-15/h3-11,17H,12-13H2,1-2H3/t17-/m0/s1. The lowest BCUT2D eigenvalue weighted by atomic mass is 10.0. The van der Waals surface area contributed by atoms with Gasteiger partial charge in [0.2, 0.25) is 0 Å². The van der Waals surface area contributed by atoms with Crippen molar-refractivity contribution >= 4 is 29.3 Å². The molecule has 0 saturated heterocycles. The third-order valence-corrected chi connectivity index (χ3v) is 4.77. The number of benzene rings is 2. The molecule has 0 aromatic heterocycles. The number of alkyl halides is 1. The van der Waals surface area contributed by atoms with E-state index in [-0.39, 0.29) is 17.7 Å². The largest absolute Gasteiger partial charge is 0.297 e. The predicted octanol–water partition coefficient (Wildman–Crippen LogP) is 4.35. The number of rotatable bonds is 7. The van der Waals surface area contributed by atoms with Crippen molar-refractivity contribution < 1.29 is 4.79 Å². The lowest BCUT2D eigenvalue weighted by Crippen LogP contribution is -2.37. The summed E-state index contributed by atoms with van der Waals surface area (Å²) in [4.78, 5) is 13.3. The zero-order chi connectivity index (χ0) is 15.9. The van der Waals surface area contributed by atoms with Gasteiger partial charge in [-0.25, -0.2) is 4.31 Å². The smallest absolute Gasteiger partial charge is 0.165 e. The van der Waals surface area contributed by atoms with Crippen LogP contribution in [0.4, 0.5) is 0 Å². The second-order valence-corrected chi connectivity index (χ2v) is 6.75. The summed E-state index contributed by atoms with van der Waals surface area (Å²) < 4.78 is 2.00. The normalized spacial score (nSPS) is 12.4. The van der Waals surface area contributed by atoms with Gasteiger partial charge in [0.05, 0.1) is 11.9 Å². The molecule has 0 fully saturated rings. The van der Waals surface area contributed by atoms with Crippen LogP contribution in [0.3, 0.4) is 0 Å². The van der Waals surface area contributed by atoms with E-state index in [1.54, 1.807) is 11.9 Å². The van der Waals surface area contributed by atoms with Gasteiger partial charge in [0.25, 0.3) is 0 Å². The fourth-order valence-electron chi connectivity index (χ4n) is 2.20. The average Bonchev–Trinajstić information content (AvgIpc) is 2.55. The second kappa shape index (κ2) is 8.37. The van der Waals surface area contributed by atoms with Crippen LogP contribution in [-0.4, -0.2) is 29.1 Å². The molecule has 1 atom stereocenters. The van der Waals surface area contributed by atoms with Crippen molar-refractivity contribution in [3.63, 3.8) is 0 Å². The highest BCUT2D eigenvalue weighted by Crippen LogP contribution is 2.25. The molecule has 0 aliphatic carbocycles. The molecule has 0 amide bonds. The second-order valence-electron chi connectivity index (χ2n) is 5.26. The van der Waals surface area contributed by atoms with Gasteiger partial charge in [-0.3, -0.25) is 4.79 Å². The van der Waals surface area contributed by atoms with Crippen LogP contribution in [0.1, 0.15) is 11.1 Å². The highest BCUT2D eigenvalue weighted by Gasteiger charge is 2.23. The van der Waals surface area contributed by atoms with Gasteiger partial charge in [-0.15, -0.1) is 11.6 Å². The third-order valence-electron chi connectivity index (χ3n) is 3.48. The zero-order valence-corrected chi connectivity index (χ0v) is 14.4. The molecule has 2 aromatic carbocycles. The fourth-order valence-corrected chi connectivity index (χ4v) is 3.29. The third kappa shape index (κ3) is 4.87. The molecule has 0 bridgehead atoms. The molecule has 2 nitrogen and oxygen atoms in total. The van der Waals surface area contributed by atoms with Crippen molar-refractivity contribution in [1.82, 2.24) is 4.31 Å². The van der Waals surface area contributed by atoms with E-state index in [1.165, 1.54) is 5.56 Å². The fraction of sp³-hybridized carbons (Fsp3) is 0.278. The summed E-state index contributed by atoms with van der Waals surface area (Å²) in [5.74, 6) is 0.0867. The van der Waals surface area contributed by atoms with Crippen LogP contribution in [0.5, 0.6) is 0 Å². The molecule has 0 spiro atoms. The first-order valence-electron chi connectivity index (χ1n) is 7.20. The summed E-state index contributed by atoms with van der Waals surface area (Å²) >= 11 is 7.37. The van der Waals surface area contributed by atoms with Gasteiger partial charge in [0.15, 0.2) is 5.78 Å². The molecule has 0 unspecified atom stereocenters. The highest BCUT2D eigenvalue weighted by atomic mass is 35.5. The van der Waals surface area contributed by atoms with E-state index in [0.717, 1.165) is 10.5 Å². The molecule has 0 radical (unpaired) electrons. The Morgan fingerprint density at radius 1 is 1.14 bits per heavy atom. The van der Waals surface area contributed by atoms with Crippen LogP contribution in [-0.2, 0) is 11.2 Å². The van der Waals surface area contributed by atoms with Crippen LogP contribution >= 0.6 is 23.5 Å². The summed E-state index contributed by atoms with van der Waals surface area (Å²) in [5, 5.41) is 0. The molecule has 0 heterocycles. The Morgan fingerprint density at radius 2 is 1.77 bits per heavy atom. The van der Waals surface area contributed by atoms with Crippen LogP contribution in [0.2, 0.25) is 0 Å². The first kappa shape index (κ1) is 17.1. The maximum Gasteiger partial charge on any atom is 0.165 e.